The maximum atomic E-state index is 13.5. The number of piperidine rings is 1. The van der Waals surface area contributed by atoms with Gasteiger partial charge < -0.3 is 33.9 Å². The van der Waals surface area contributed by atoms with Crippen LogP contribution < -0.4 is 4.90 Å². The van der Waals surface area contributed by atoms with E-state index in [1.165, 1.54) is 0 Å². The van der Waals surface area contributed by atoms with Crippen LogP contribution in [-0.2, 0) is 24.5 Å². The third-order valence-corrected chi connectivity index (χ3v) is 14.4. The summed E-state index contributed by atoms with van der Waals surface area (Å²) in [5, 5.41) is 15.8. The monoisotopic (exact) mass is 806 g/mol. The second-order valence-corrected chi connectivity index (χ2v) is 30.7. The molecule has 3 fully saturated rings. The van der Waals surface area contributed by atoms with Crippen molar-refractivity contribution in [3.63, 3.8) is 0 Å². The Morgan fingerprint density at radius 1 is 0.982 bits per heavy atom. The molecule has 1 saturated carbocycles. The number of aromatic nitrogens is 4. The molecule has 2 aliphatic heterocycles. The van der Waals surface area contributed by atoms with Crippen LogP contribution in [0, 0.1) is 0 Å². The fourth-order valence-electron chi connectivity index (χ4n) is 7.78. The molecule has 2 bridgehead atoms. The number of ether oxygens (including phenoxy) is 4. The Morgan fingerprint density at radius 3 is 2.09 bits per heavy atom. The molecule has 6 rings (SSSR count). The van der Waals surface area contributed by atoms with E-state index in [1.807, 2.05) is 61.6 Å². The van der Waals surface area contributed by atoms with Crippen molar-refractivity contribution in [3.8, 4) is 11.1 Å². The second-order valence-electron chi connectivity index (χ2n) is 19.5. The largest absolute Gasteiger partial charge is 0.494 e. The normalized spacial score (nSPS) is 20.7. The van der Waals surface area contributed by atoms with Crippen LogP contribution in [0.4, 0.5) is 10.6 Å². The Morgan fingerprint density at radius 2 is 1.59 bits per heavy atom. The van der Waals surface area contributed by atoms with Crippen LogP contribution in [0.5, 0.6) is 0 Å². The van der Waals surface area contributed by atoms with Crippen LogP contribution in [0.3, 0.4) is 0 Å². The van der Waals surface area contributed by atoms with Crippen molar-refractivity contribution in [2.75, 3.05) is 38.2 Å². The number of rotatable bonds is 17. The van der Waals surface area contributed by atoms with Gasteiger partial charge in [0.2, 0.25) is 0 Å². The van der Waals surface area contributed by atoms with E-state index in [9.17, 15) is 9.90 Å². The molecule has 56 heavy (non-hydrogen) atoms. The molecular weight excluding hydrogens is 741 g/mol. The average molecular weight is 807 g/mol. The minimum Gasteiger partial charge on any atom is -0.494 e. The van der Waals surface area contributed by atoms with Crippen molar-refractivity contribution in [2.24, 2.45) is 0 Å². The number of anilines is 1. The summed E-state index contributed by atoms with van der Waals surface area (Å²) in [5.41, 5.74) is 3.32. The summed E-state index contributed by atoms with van der Waals surface area (Å²) >= 11 is 0. The van der Waals surface area contributed by atoms with E-state index in [2.05, 4.69) is 50.8 Å². The van der Waals surface area contributed by atoms with Crippen LogP contribution in [0.15, 0.2) is 31.1 Å². The number of nitrogens with zero attached hydrogens (tertiary/aromatic N) is 6. The lowest BCUT2D eigenvalue weighted by molar-refractivity contribution is 0.00566. The number of fused-ring (bicyclic) bond motifs is 3. The Kier molecular flexibility index (Phi) is 12.5. The quantitative estimate of drug-likeness (QED) is 0.0613. The Labute approximate surface area is 336 Å². The predicted molar refractivity (Wildman–Crippen MR) is 227 cm³/mol. The van der Waals surface area contributed by atoms with Gasteiger partial charge in [0, 0.05) is 64.7 Å². The highest BCUT2D eigenvalue weighted by Gasteiger charge is 2.47. The first-order chi connectivity index (χ1) is 26.3. The van der Waals surface area contributed by atoms with Gasteiger partial charge in [-0.15, -0.1) is 0 Å². The van der Waals surface area contributed by atoms with Crippen LogP contribution in [0.1, 0.15) is 89.1 Å². The lowest BCUT2D eigenvalue weighted by atomic mass is 9.85. The topological polar surface area (TPSA) is 124 Å². The molecule has 0 aromatic carbocycles. The smallest absolute Gasteiger partial charge is 0.410 e. The molecule has 0 radical (unpaired) electrons. The van der Waals surface area contributed by atoms with E-state index in [0.29, 0.717) is 36.9 Å². The van der Waals surface area contributed by atoms with Gasteiger partial charge in [-0.05, 0) is 84.4 Å². The van der Waals surface area contributed by atoms with Gasteiger partial charge in [0.15, 0.2) is 5.65 Å². The summed E-state index contributed by atoms with van der Waals surface area (Å²) in [6.07, 6.45) is 8.17. The summed E-state index contributed by atoms with van der Waals surface area (Å²) in [6, 6.07) is 6.05. The first kappa shape index (κ1) is 42.3. The maximum Gasteiger partial charge on any atom is 0.410 e. The number of hydrogen-bond acceptors (Lipinski definition) is 10. The first-order valence-electron chi connectivity index (χ1n) is 20.6. The molecule has 14 heteroatoms. The Balaban J connectivity index is 1.48. The number of hydrogen-bond donors (Lipinski definition) is 1. The third-order valence-electron chi connectivity index (χ3n) is 11.0. The Bertz CT molecular complexity index is 1820. The summed E-state index contributed by atoms with van der Waals surface area (Å²) in [7, 11) is -2.69. The molecule has 3 aromatic rings. The molecule has 3 atom stereocenters. The summed E-state index contributed by atoms with van der Waals surface area (Å²) in [5.74, 6) is 1.29. The molecule has 3 aromatic heterocycles. The first-order valence-corrected chi connectivity index (χ1v) is 28.0. The fourth-order valence-corrected chi connectivity index (χ4v) is 9.30. The van der Waals surface area contributed by atoms with Gasteiger partial charge in [-0.1, -0.05) is 51.9 Å². The van der Waals surface area contributed by atoms with Gasteiger partial charge in [0.05, 0.1) is 29.8 Å². The molecular formula is C42H66N6O6Si2. The van der Waals surface area contributed by atoms with Crippen LogP contribution in [0.25, 0.3) is 22.5 Å². The van der Waals surface area contributed by atoms with Crippen molar-refractivity contribution in [2.45, 2.75) is 147 Å². The lowest BCUT2D eigenvalue weighted by Crippen LogP contribution is -2.48. The zero-order valence-electron chi connectivity index (χ0n) is 35.6. The highest BCUT2D eigenvalue weighted by molar-refractivity contribution is 6.76. The van der Waals surface area contributed by atoms with E-state index in [-0.39, 0.29) is 37.6 Å². The molecule has 5 heterocycles. The van der Waals surface area contributed by atoms with Gasteiger partial charge in [-0.25, -0.2) is 9.78 Å². The zero-order valence-corrected chi connectivity index (χ0v) is 37.6. The van der Waals surface area contributed by atoms with E-state index in [4.69, 9.17) is 34.0 Å². The van der Waals surface area contributed by atoms with Gasteiger partial charge in [0.1, 0.15) is 36.2 Å². The third kappa shape index (κ3) is 10.0. The van der Waals surface area contributed by atoms with Crippen LogP contribution in [0.2, 0.25) is 51.4 Å². The Hall–Kier alpha value is -3.31. The van der Waals surface area contributed by atoms with Gasteiger partial charge >= 0.3 is 6.09 Å². The molecule has 308 valence electrons. The zero-order chi connectivity index (χ0) is 40.6. The average Bonchev–Trinajstić information content (AvgIpc) is 3.61. The second kappa shape index (κ2) is 16.5. The van der Waals surface area contributed by atoms with E-state index >= 15 is 0 Å². The van der Waals surface area contributed by atoms with Gasteiger partial charge in [0.25, 0.3) is 0 Å². The molecule has 2 saturated heterocycles. The summed E-state index contributed by atoms with van der Waals surface area (Å²) < 4.78 is 27.0. The fraction of sp³-hybridized carbons (Fsp3) is 0.667. The molecule has 1 aliphatic carbocycles. The number of carbonyl (C=O) groups is 1. The predicted octanol–water partition coefficient (Wildman–Crippen LogP) is 8.86. The molecule has 0 unspecified atom stereocenters. The highest BCUT2D eigenvalue weighted by atomic mass is 28.3. The molecule has 3 aliphatic rings. The van der Waals surface area contributed by atoms with Gasteiger partial charge in [-0.3, -0.25) is 4.98 Å². The summed E-state index contributed by atoms with van der Waals surface area (Å²) in [6.45, 7) is 28.7. The number of pyridine rings is 1. The number of carbonyl (C=O) groups excluding carboxylic acids is 1. The SMILES string of the molecule is C=C(OCC)c1c([C@H]2C[C@H]3CC[C@@H](C2)N3C(=O)OC(C)(C)C)nc2c(-c3ccc(C4(O)CC4)nc3)cnn2c1N(COCC[Si](C)(C)C)COCC[Si](C)(C)C. The van der Waals surface area contributed by atoms with Crippen molar-refractivity contribution < 1.29 is 28.8 Å². The van der Waals surface area contributed by atoms with E-state index in [0.717, 1.165) is 78.8 Å². The maximum absolute atomic E-state index is 13.5. The van der Waals surface area contributed by atoms with Crippen LogP contribution in [-0.4, -0.2) is 103 Å². The number of aliphatic hydroxyl groups is 1. The number of amides is 1. The minimum atomic E-state index is -1.35. The highest BCUT2D eigenvalue weighted by Crippen LogP contribution is 2.48. The van der Waals surface area contributed by atoms with Crippen molar-refractivity contribution >= 4 is 39.5 Å². The van der Waals surface area contributed by atoms with Crippen LogP contribution >= 0.6 is 0 Å². The molecule has 1 N–H and O–H groups in total. The molecule has 12 nitrogen and oxygen atoms in total. The van der Waals surface area contributed by atoms with Crippen molar-refractivity contribution in [1.29, 1.82) is 0 Å². The van der Waals surface area contributed by atoms with Crippen molar-refractivity contribution in [3.05, 3.63) is 48.1 Å². The minimum absolute atomic E-state index is 0.0111. The van der Waals surface area contributed by atoms with Crippen molar-refractivity contribution in [1.82, 2.24) is 24.5 Å². The standard InChI is InChI=1S/C42H66N6O6Si2/c1-12-53-29(2)36-37(31-23-32-14-15-33(24-31)47(32)40(49)54-41(3,4)5)45-38-34(30-13-16-35(43-25-30)42(50)17-18-42)26-44-48(38)39(36)46(27-51-19-21-55(6,7)8)28-52-20-22-56(9,10)11/h13,16,25-26,31-33,50H,2,12,14-15,17-24,27-28H2,1,3-11H3/t31-,32+,33-. The summed E-state index contributed by atoms with van der Waals surface area (Å²) in [4.78, 5) is 27.8. The lowest BCUT2D eigenvalue weighted by Gasteiger charge is -2.40. The van der Waals surface area contributed by atoms with Gasteiger partial charge in [-0.2, -0.15) is 9.61 Å². The molecule has 0 spiro atoms. The van der Waals surface area contributed by atoms with E-state index < -0.39 is 27.3 Å². The van der Waals surface area contributed by atoms with E-state index in [1.54, 1.807) is 0 Å². The molecule has 1 amide bonds.